The maximum absolute atomic E-state index is 13.1. The second-order valence-corrected chi connectivity index (χ2v) is 13.5. The van der Waals surface area contributed by atoms with Gasteiger partial charge in [0.1, 0.15) is 11.5 Å². The predicted octanol–water partition coefficient (Wildman–Crippen LogP) is 7.58. The first kappa shape index (κ1) is 28.9. The molecule has 0 unspecified atom stereocenters. The summed E-state index contributed by atoms with van der Waals surface area (Å²) in [7, 11) is -3.76. The zero-order valence-corrected chi connectivity index (χ0v) is 24.9. The number of carbonyl (C=O) groups excluding carboxylic acids is 2. The Hall–Kier alpha value is -3.63. The molecule has 7 nitrogen and oxygen atoms in total. The Morgan fingerprint density at radius 2 is 1.56 bits per heavy atom. The molecule has 1 N–H and O–H groups in total. The van der Waals surface area contributed by atoms with Crippen LogP contribution in [0.1, 0.15) is 32.1 Å². The summed E-state index contributed by atoms with van der Waals surface area (Å²) in [6.07, 6.45) is 1.55. The van der Waals surface area contributed by atoms with Gasteiger partial charge in [-0.1, -0.05) is 66.2 Å². The number of imide groups is 1. The molecule has 4 aromatic rings. The second-order valence-electron chi connectivity index (χ2n) is 10.5. The van der Waals surface area contributed by atoms with Crippen LogP contribution >= 0.6 is 23.4 Å². The van der Waals surface area contributed by atoms with E-state index >= 15 is 0 Å². The van der Waals surface area contributed by atoms with E-state index in [1.54, 1.807) is 93.6 Å². The number of halogens is 1. The van der Waals surface area contributed by atoms with Crippen LogP contribution in [0, 0.1) is 0 Å². The number of amides is 2. The van der Waals surface area contributed by atoms with Crippen molar-refractivity contribution in [2.45, 2.75) is 37.8 Å². The lowest BCUT2D eigenvalue weighted by atomic mass is 10.0. The molecule has 1 aliphatic heterocycles. The van der Waals surface area contributed by atoms with Gasteiger partial charge in [0.05, 0.1) is 21.4 Å². The van der Waals surface area contributed by atoms with Gasteiger partial charge in [0.15, 0.2) is 0 Å². The summed E-state index contributed by atoms with van der Waals surface area (Å²) in [6, 6.07) is 24.7. The van der Waals surface area contributed by atoms with Crippen molar-refractivity contribution in [3.63, 3.8) is 0 Å². The fraction of sp³-hybridized carbons (Fsp3) is 0.161. The van der Waals surface area contributed by atoms with Gasteiger partial charge >= 0.3 is 0 Å². The Bertz CT molecular complexity index is 1770. The number of thioether (sulfide) groups is 1. The summed E-state index contributed by atoms with van der Waals surface area (Å²) in [5.41, 5.74) is 2.08. The minimum Gasteiger partial charge on any atom is -0.457 e. The fourth-order valence-corrected chi connectivity index (χ4v) is 7.07. The average Bonchev–Trinajstić information content (AvgIpc) is 3.48. The van der Waals surface area contributed by atoms with Gasteiger partial charge in [-0.2, -0.15) is 0 Å². The van der Waals surface area contributed by atoms with E-state index in [2.05, 4.69) is 4.72 Å². The molecular weight excluding hydrogens is 580 g/mol. The number of nitrogens with one attached hydrogen (secondary N) is 1. The van der Waals surface area contributed by atoms with Gasteiger partial charge in [0.2, 0.25) is 10.0 Å². The number of rotatable bonds is 7. The lowest BCUT2D eigenvalue weighted by Gasteiger charge is -2.21. The molecule has 1 aliphatic rings. The second kappa shape index (κ2) is 11.3. The Morgan fingerprint density at radius 3 is 2.24 bits per heavy atom. The van der Waals surface area contributed by atoms with Crippen molar-refractivity contribution in [3.8, 4) is 22.5 Å². The summed E-state index contributed by atoms with van der Waals surface area (Å²) in [5.74, 6) is 0.582. The SMILES string of the molecule is CC(C)(C)NS(=O)(=O)c1ccccc1-c1ccc(CN2C(=O)S/C(=C\c3ccc(-c4ccccc4Cl)o3)C2=O)cc1. The van der Waals surface area contributed by atoms with E-state index in [9.17, 15) is 18.0 Å². The number of furan rings is 1. The van der Waals surface area contributed by atoms with E-state index in [4.69, 9.17) is 16.0 Å². The molecule has 210 valence electrons. The van der Waals surface area contributed by atoms with Crippen LogP contribution < -0.4 is 4.72 Å². The quantitative estimate of drug-likeness (QED) is 0.218. The highest BCUT2D eigenvalue weighted by Gasteiger charge is 2.35. The summed E-state index contributed by atoms with van der Waals surface area (Å²) >= 11 is 7.11. The van der Waals surface area contributed by atoms with Gasteiger partial charge in [-0.3, -0.25) is 14.5 Å². The molecule has 1 aromatic heterocycles. The third-order valence-electron chi connectivity index (χ3n) is 6.14. The van der Waals surface area contributed by atoms with E-state index in [-0.39, 0.29) is 21.6 Å². The first-order chi connectivity index (χ1) is 19.4. The third kappa shape index (κ3) is 6.49. The van der Waals surface area contributed by atoms with Crippen molar-refractivity contribution < 1.29 is 22.4 Å². The largest absolute Gasteiger partial charge is 0.457 e. The van der Waals surface area contributed by atoms with Gasteiger partial charge in [0, 0.05) is 22.7 Å². The number of nitrogens with zero attached hydrogens (tertiary/aromatic N) is 1. The standard InChI is InChI=1S/C31H27ClN2O5S2/c1-31(2,3)33-41(37,38)28-11-7-5-8-23(28)21-14-12-20(13-15-21)19-34-29(35)27(40-30(34)36)18-22-16-17-26(39-22)24-9-4-6-10-25(24)32/h4-18,33H,19H2,1-3H3/b27-18-. The minimum absolute atomic E-state index is 0.0802. The van der Waals surface area contributed by atoms with Gasteiger partial charge in [-0.15, -0.1) is 0 Å². The van der Waals surface area contributed by atoms with Crippen molar-refractivity contribution in [2.24, 2.45) is 0 Å². The van der Waals surface area contributed by atoms with Crippen molar-refractivity contribution in [3.05, 3.63) is 106 Å². The number of carbonyl (C=O) groups is 2. The molecule has 0 bridgehead atoms. The molecule has 2 heterocycles. The molecule has 2 amide bonds. The Morgan fingerprint density at radius 1 is 0.902 bits per heavy atom. The first-order valence-corrected chi connectivity index (χ1v) is 15.4. The molecule has 41 heavy (non-hydrogen) atoms. The average molecular weight is 607 g/mol. The number of hydrogen-bond donors (Lipinski definition) is 1. The molecule has 0 saturated carbocycles. The van der Waals surface area contributed by atoms with Crippen LogP contribution in [0.25, 0.3) is 28.5 Å². The van der Waals surface area contributed by atoms with E-state index in [1.807, 2.05) is 18.2 Å². The van der Waals surface area contributed by atoms with Crippen molar-refractivity contribution >= 4 is 50.6 Å². The first-order valence-electron chi connectivity index (χ1n) is 12.7. The Kier molecular flexibility index (Phi) is 7.98. The van der Waals surface area contributed by atoms with E-state index < -0.39 is 21.5 Å². The fourth-order valence-electron chi connectivity index (χ4n) is 4.37. The van der Waals surface area contributed by atoms with Gasteiger partial charge in [0.25, 0.3) is 11.1 Å². The maximum Gasteiger partial charge on any atom is 0.293 e. The van der Waals surface area contributed by atoms with Crippen LogP contribution in [0.3, 0.4) is 0 Å². The number of hydrogen-bond acceptors (Lipinski definition) is 6. The lowest BCUT2D eigenvalue weighted by Crippen LogP contribution is -2.40. The van der Waals surface area contributed by atoms with E-state index in [1.165, 1.54) is 4.90 Å². The normalized spacial score (nSPS) is 15.2. The highest BCUT2D eigenvalue weighted by molar-refractivity contribution is 8.18. The van der Waals surface area contributed by atoms with Crippen LogP contribution in [0.4, 0.5) is 4.79 Å². The number of benzene rings is 3. The van der Waals surface area contributed by atoms with Crippen molar-refractivity contribution in [1.29, 1.82) is 0 Å². The molecule has 1 saturated heterocycles. The summed E-state index contributed by atoms with van der Waals surface area (Å²) in [5, 5.41) is 0.166. The smallest absolute Gasteiger partial charge is 0.293 e. The summed E-state index contributed by atoms with van der Waals surface area (Å²) < 4.78 is 34.7. The summed E-state index contributed by atoms with van der Waals surface area (Å²) in [6.45, 7) is 5.44. The predicted molar refractivity (Wildman–Crippen MR) is 163 cm³/mol. The monoisotopic (exact) mass is 606 g/mol. The van der Waals surface area contributed by atoms with Crippen LogP contribution in [0.2, 0.25) is 5.02 Å². The van der Waals surface area contributed by atoms with Crippen LogP contribution in [-0.2, 0) is 21.4 Å². The zero-order chi connectivity index (χ0) is 29.4. The molecule has 1 fully saturated rings. The molecular formula is C31H27ClN2O5S2. The van der Waals surface area contributed by atoms with Crippen LogP contribution in [-0.4, -0.2) is 30.0 Å². The van der Waals surface area contributed by atoms with E-state index in [0.29, 0.717) is 27.7 Å². The number of sulfonamides is 1. The maximum atomic E-state index is 13.1. The highest BCUT2D eigenvalue weighted by Crippen LogP contribution is 2.36. The lowest BCUT2D eigenvalue weighted by molar-refractivity contribution is -0.123. The van der Waals surface area contributed by atoms with Crippen LogP contribution in [0.15, 0.2) is 99.1 Å². The topological polar surface area (TPSA) is 96.7 Å². The molecule has 0 atom stereocenters. The third-order valence-corrected chi connectivity index (χ3v) is 9.19. The minimum atomic E-state index is -3.76. The highest BCUT2D eigenvalue weighted by atomic mass is 35.5. The van der Waals surface area contributed by atoms with Crippen LogP contribution in [0.5, 0.6) is 0 Å². The molecule has 0 radical (unpaired) electrons. The molecule has 5 rings (SSSR count). The van der Waals surface area contributed by atoms with Crippen molar-refractivity contribution in [1.82, 2.24) is 9.62 Å². The van der Waals surface area contributed by atoms with E-state index in [0.717, 1.165) is 22.9 Å². The molecule has 10 heteroatoms. The van der Waals surface area contributed by atoms with Gasteiger partial charge < -0.3 is 4.42 Å². The van der Waals surface area contributed by atoms with Gasteiger partial charge in [-0.05, 0) is 74.0 Å². The van der Waals surface area contributed by atoms with Gasteiger partial charge in [-0.25, -0.2) is 13.1 Å². The molecule has 3 aromatic carbocycles. The summed E-state index contributed by atoms with van der Waals surface area (Å²) in [4.78, 5) is 27.4. The Labute approximate surface area is 248 Å². The molecule has 0 aliphatic carbocycles. The zero-order valence-electron chi connectivity index (χ0n) is 22.6. The molecule has 0 spiro atoms. The Balaban J connectivity index is 1.32. The van der Waals surface area contributed by atoms with Crippen molar-refractivity contribution in [2.75, 3.05) is 0 Å².